The lowest BCUT2D eigenvalue weighted by atomic mass is 10.1. The summed E-state index contributed by atoms with van der Waals surface area (Å²) in [7, 11) is 1.72. The van der Waals surface area contributed by atoms with E-state index in [1.54, 1.807) is 25.7 Å². The highest BCUT2D eigenvalue weighted by atomic mass is 16.5. The minimum absolute atomic E-state index is 0.381. The SMILES string of the molecule is CN=CC(=CN)c1ccc(COc2cc(-c3cnc4cc(OCCN5CCCC5)ccn34)ncn2)cc1. The van der Waals surface area contributed by atoms with E-state index in [0.29, 0.717) is 19.1 Å². The number of aliphatic imine (C=N–C) groups is 1. The van der Waals surface area contributed by atoms with Gasteiger partial charge in [0.25, 0.3) is 0 Å². The smallest absolute Gasteiger partial charge is 0.217 e. The number of ether oxygens (including phenoxy) is 2. The number of fused-ring (bicyclic) bond motifs is 1. The van der Waals surface area contributed by atoms with Gasteiger partial charge in [0.05, 0.1) is 17.6 Å². The van der Waals surface area contributed by atoms with Gasteiger partial charge in [0.1, 0.15) is 30.9 Å². The summed E-state index contributed by atoms with van der Waals surface area (Å²) in [5.74, 6) is 1.31. The zero-order valence-electron chi connectivity index (χ0n) is 21.0. The summed E-state index contributed by atoms with van der Waals surface area (Å²) in [4.78, 5) is 19.7. The quantitative estimate of drug-likeness (QED) is 0.332. The van der Waals surface area contributed by atoms with Crippen molar-refractivity contribution in [1.82, 2.24) is 24.3 Å². The zero-order valence-corrected chi connectivity index (χ0v) is 21.0. The number of benzene rings is 1. The van der Waals surface area contributed by atoms with Crippen molar-refractivity contribution >= 4 is 17.4 Å². The second-order valence-electron chi connectivity index (χ2n) is 8.87. The summed E-state index contributed by atoms with van der Waals surface area (Å²) in [5, 5.41) is 0. The van der Waals surface area contributed by atoms with Crippen molar-refractivity contribution in [3.05, 3.63) is 78.5 Å². The highest BCUT2D eigenvalue weighted by molar-refractivity contribution is 6.09. The molecule has 5 rings (SSSR count). The van der Waals surface area contributed by atoms with Crippen LogP contribution in [0.4, 0.5) is 0 Å². The van der Waals surface area contributed by atoms with Crippen molar-refractivity contribution in [2.45, 2.75) is 19.4 Å². The van der Waals surface area contributed by atoms with E-state index in [1.165, 1.54) is 32.3 Å². The van der Waals surface area contributed by atoms with Gasteiger partial charge in [0.2, 0.25) is 5.88 Å². The molecule has 1 aliphatic heterocycles. The molecule has 0 aliphatic carbocycles. The fourth-order valence-corrected chi connectivity index (χ4v) is 4.40. The molecule has 3 aromatic heterocycles. The Hall–Kier alpha value is -4.24. The third-order valence-electron chi connectivity index (χ3n) is 6.39. The van der Waals surface area contributed by atoms with Gasteiger partial charge >= 0.3 is 0 Å². The second-order valence-corrected chi connectivity index (χ2v) is 8.87. The third kappa shape index (κ3) is 5.95. The first-order valence-corrected chi connectivity index (χ1v) is 12.4. The molecule has 9 nitrogen and oxygen atoms in total. The van der Waals surface area contributed by atoms with E-state index in [-0.39, 0.29) is 0 Å². The predicted molar refractivity (Wildman–Crippen MR) is 145 cm³/mol. The van der Waals surface area contributed by atoms with E-state index in [9.17, 15) is 0 Å². The van der Waals surface area contributed by atoms with Gasteiger partial charge in [-0.3, -0.25) is 14.3 Å². The molecule has 0 bridgehead atoms. The van der Waals surface area contributed by atoms with Crippen LogP contribution in [0.1, 0.15) is 24.0 Å². The zero-order chi connectivity index (χ0) is 25.5. The molecule has 0 atom stereocenters. The molecule has 4 aromatic rings. The first-order chi connectivity index (χ1) is 18.2. The minimum atomic E-state index is 0.381. The molecule has 0 unspecified atom stereocenters. The molecule has 0 radical (unpaired) electrons. The van der Waals surface area contributed by atoms with Gasteiger partial charge in [-0.25, -0.2) is 15.0 Å². The molecular weight excluding hydrogens is 466 g/mol. The Bertz CT molecular complexity index is 1390. The molecular formula is C28H31N7O2. The van der Waals surface area contributed by atoms with Crippen LogP contribution in [0.3, 0.4) is 0 Å². The number of rotatable bonds is 10. The summed E-state index contributed by atoms with van der Waals surface area (Å²) in [6.45, 7) is 4.36. The highest BCUT2D eigenvalue weighted by Gasteiger charge is 2.12. The Balaban J connectivity index is 1.23. The van der Waals surface area contributed by atoms with E-state index in [1.807, 2.05) is 53.1 Å². The minimum Gasteiger partial charge on any atom is -0.492 e. The van der Waals surface area contributed by atoms with E-state index in [0.717, 1.165) is 46.0 Å². The predicted octanol–water partition coefficient (Wildman–Crippen LogP) is 3.85. The van der Waals surface area contributed by atoms with Crippen LogP contribution in [0.15, 0.2) is 72.4 Å². The standard InChI is InChI=1S/C28H31N7O2/c1-30-17-23(16-29)22-6-4-21(5-7-22)19-37-28-15-25(32-20-33-28)26-18-31-27-14-24(8-11-35(26)27)36-13-12-34-9-2-3-10-34/h4-8,11,14-18,20H,2-3,9-10,12-13,19,29H2,1H3. The molecule has 37 heavy (non-hydrogen) atoms. The molecule has 9 heteroatoms. The fourth-order valence-electron chi connectivity index (χ4n) is 4.40. The average Bonchev–Trinajstić information content (AvgIpc) is 3.61. The maximum absolute atomic E-state index is 5.97. The molecule has 1 aromatic carbocycles. The monoisotopic (exact) mass is 497 g/mol. The van der Waals surface area contributed by atoms with Crippen molar-refractivity contribution in [3.63, 3.8) is 0 Å². The van der Waals surface area contributed by atoms with Crippen molar-refractivity contribution in [2.75, 3.05) is 33.3 Å². The summed E-state index contributed by atoms with van der Waals surface area (Å²) >= 11 is 0. The summed E-state index contributed by atoms with van der Waals surface area (Å²) in [6, 6.07) is 13.7. The van der Waals surface area contributed by atoms with E-state index in [2.05, 4.69) is 24.8 Å². The molecule has 190 valence electrons. The Morgan fingerprint density at radius 1 is 1.05 bits per heavy atom. The average molecular weight is 498 g/mol. The number of nitrogens with zero attached hydrogens (tertiary/aromatic N) is 6. The van der Waals surface area contributed by atoms with Gasteiger partial charge < -0.3 is 15.2 Å². The highest BCUT2D eigenvalue weighted by Crippen LogP contribution is 2.24. The number of nitrogens with two attached hydrogens (primary N) is 1. The van der Waals surface area contributed by atoms with Crippen LogP contribution >= 0.6 is 0 Å². The molecule has 1 saturated heterocycles. The first-order valence-electron chi connectivity index (χ1n) is 12.4. The van der Waals surface area contributed by atoms with Crippen molar-refractivity contribution < 1.29 is 9.47 Å². The summed E-state index contributed by atoms with van der Waals surface area (Å²) in [5.41, 5.74) is 11.0. The van der Waals surface area contributed by atoms with Crippen LogP contribution in [0.2, 0.25) is 0 Å². The summed E-state index contributed by atoms with van der Waals surface area (Å²) < 4.78 is 13.9. The molecule has 0 spiro atoms. The Kier molecular flexibility index (Phi) is 7.71. The van der Waals surface area contributed by atoms with Crippen LogP contribution in [0.5, 0.6) is 11.6 Å². The lowest BCUT2D eigenvalue weighted by Crippen LogP contribution is -2.25. The second kappa shape index (κ2) is 11.7. The number of allylic oxidation sites excluding steroid dienone is 1. The van der Waals surface area contributed by atoms with Gasteiger partial charge in [-0.05, 0) is 43.1 Å². The Morgan fingerprint density at radius 2 is 1.89 bits per heavy atom. The van der Waals surface area contributed by atoms with Crippen molar-refractivity contribution in [2.24, 2.45) is 10.7 Å². The molecule has 4 heterocycles. The topological polar surface area (TPSA) is 103 Å². The normalized spacial score (nSPS) is 14.6. The number of hydrogen-bond acceptors (Lipinski definition) is 8. The maximum Gasteiger partial charge on any atom is 0.217 e. The fraction of sp³-hybridized carbons (Fsp3) is 0.286. The van der Waals surface area contributed by atoms with Gasteiger partial charge in [-0.1, -0.05) is 24.3 Å². The first kappa shape index (κ1) is 24.5. The molecule has 1 aliphatic rings. The van der Waals surface area contributed by atoms with Crippen LogP contribution in [0.25, 0.3) is 22.6 Å². The molecule has 1 fully saturated rings. The van der Waals surface area contributed by atoms with Crippen LogP contribution in [0, 0.1) is 0 Å². The van der Waals surface area contributed by atoms with E-state index in [4.69, 9.17) is 15.2 Å². The van der Waals surface area contributed by atoms with Crippen LogP contribution in [-0.4, -0.2) is 63.8 Å². The van der Waals surface area contributed by atoms with Crippen LogP contribution < -0.4 is 15.2 Å². The van der Waals surface area contributed by atoms with E-state index < -0.39 is 0 Å². The van der Waals surface area contributed by atoms with Crippen molar-refractivity contribution in [1.29, 1.82) is 0 Å². The van der Waals surface area contributed by atoms with Gasteiger partial charge in [-0.2, -0.15) is 0 Å². The molecule has 2 N–H and O–H groups in total. The number of pyridine rings is 1. The Morgan fingerprint density at radius 3 is 2.68 bits per heavy atom. The molecule has 0 amide bonds. The number of aromatic nitrogens is 4. The number of hydrogen-bond donors (Lipinski definition) is 1. The number of imidazole rings is 1. The number of likely N-dealkylation sites (tertiary alicyclic amines) is 1. The lowest BCUT2D eigenvalue weighted by Gasteiger charge is -2.15. The maximum atomic E-state index is 5.97. The van der Waals surface area contributed by atoms with E-state index >= 15 is 0 Å². The Labute approximate surface area is 216 Å². The molecule has 0 saturated carbocycles. The van der Waals surface area contributed by atoms with Crippen molar-refractivity contribution in [3.8, 4) is 23.0 Å². The van der Waals surface area contributed by atoms with Gasteiger partial charge in [0, 0.05) is 49.9 Å². The largest absolute Gasteiger partial charge is 0.492 e. The lowest BCUT2D eigenvalue weighted by molar-refractivity contribution is 0.238. The van der Waals surface area contributed by atoms with Crippen LogP contribution in [-0.2, 0) is 6.61 Å². The third-order valence-corrected chi connectivity index (χ3v) is 6.39. The van der Waals surface area contributed by atoms with Gasteiger partial charge in [-0.15, -0.1) is 0 Å². The van der Waals surface area contributed by atoms with Gasteiger partial charge in [0.15, 0.2) is 0 Å². The summed E-state index contributed by atoms with van der Waals surface area (Å²) in [6.07, 6.45) is 11.1.